The van der Waals surface area contributed by atoms with E-state index in [0.717, 1.165) is 28.6 Å². The van der Waals surface area contributed by atoms with E-state index in [1.165, 1.54) is 0 Å². The molecule has 2 rings (SSSR count). The lowest BCUT2D eigenvalue weighted by atomic mass is 9.74. The molecule has 0 atom stereocenters. The molecule has 0 unspecified atom stereocenters. The topological polar surface area (TPSA) is 61.5 Å². The van der Waals surface area contributed by atoms with Gasteiger partial charge in [-0.25, -0.2) is 0 Å². The van der Waals surface area contributed by atoms with Crippen molar-refractivity contribution < 1.29 is 14.3 Å². The van der Waals surface area contributed by atoms with E-state index in [0.29, 0.717) is 26.2 Å². The highest BCUT2D eigenvalue weighted by Crippen LogP contribution is 2.32. The molecule has 1 aliphatic rings. The summed E-state index contributed by atoms with van der Waals surface area (Å²) in [4.78, 5) is 12.6. The second-order valence-corrected chi connectivity index (χ2v) is 6.02. The van der Waals surface area contributed by atoms with Crippen LogP contribution in [0.1, 0.15) is 18.4 Å². The van der Waals surface area contributed by atoms with Crippen molar-refractivity contribution in [2.45, 2.75) is 19.3 Å². The number of hydrogen-bond acceptors (Lipinski definition) is 4. The van der Waals surface area contributed by atoms with Crippen molar-refractivity contribution in [3.63, 3.8) is 0 Å². The molecule has 1 saturated heterocycles. The molecule has 1 aromatic carbocycles. The van der Waals surface area contributed by atoms with Crippen molar-refractivity contribution in [3.05, 3.63) is 28.2 Å². The van der Waals surface area contributed by atoms with Crippen molar-refractivity contribution in [1.29, 1.82) is 0 Å². The Morgan fingerprint density at radius 2 is 2.15 bits per heavy atom. The van der Waals surface area contributed by atoms with Crippen molar-refractivity contribution >= 4 is 21.7 Å². The average molecular weight is 342 g/mol. The van der Waals surface area contributed by atoms with Gasteiger partial charge in [0.05, 0.1) is 11.6 Å². The summed E-state index contributed by atoms with van der Waals surface area (Å²) >= 11 is 3.44. The van der Waals surface area contributed by atoms with Crippen LogP contribution in [0.3, 0.4) is 0 Å². The fourth-order valence-electron chi connectivity index (χ4n) is 2.55. The highest BCUT2D eigenvalue weighted by Gasteiger charge is 2.38. The Labute approximate surface area is 127 Å². The molecule has 1 aromatic rings. The Morgan fingerprint density at radius 1 is 1.45 bits per heavy atom. The summed E-state index contributed by atoms with van der Waals surface area (Å²) in [6, 6.07) is 5.72. The van der Waals surface area contributed by atoms with E-state index in [1.54, 1.807) is 7.11 Å². The zero-order chi connectivity index (χ0) is 14.6. The number of carbonyl (C=O) groups is 1. The minimum atomic E-state index is -0.412. The molecule has 1 fully saturated rings. The van der Waals surface area contributed by atoms with Gasteiger partial charge >= 0.3 is 0 Å². The second-order valence-electron chi connectivity index (χ2n) is 5.17. The van der Waals surface area contributed by atoms with E-state index in [1.807, 2.05) is 18.2 Å². The summed E-state index contributed by atoms with van der Waals surface area (Å²) in [6.45, 7) is 1.64. The van der Waals surface area contributed by atoms with E-state index in [4.69, 9.17) is 15.2 Å². The first kappa shape index (κ1) is 15.5. The van der Waals surface area contributed by atoms with Crippen LogP contribution in [0, 0.1) is 5.41 Å². The Hall–Kier alpha value is -0.910. The zero-order valence-electron chi connectivity index (χ0n) is 11.7. The van der Waals surface area contributed by atoms with Crippen LogP contribution in [0.4, 0.5) is 0 Å². The van der Waals surface area contributed by atoms with Crippen LogP contribution in [-0.2, 0) is 16.0 Å². The number of ether oxygens (including phenoxy) is 2. The first-order chi connectivity index (χ1) is 9.61. The monoisotopic (exact) mass is 341 g/mol. The third kappa shape index (κ3) is 3.22. The fraction of sp³-hybridized carbons (Fsp3) is 0.533. The van der Waals surface area contributed by atoms with Crippen molar-refractivity contribution in [2.24, 2.45) is 11.1 Å². The number of ketones is 1. The number of methoxy groups -OCH3 is 1. The van der Waals surface area contributed by atoms with E-state index in [2.05, 4.69) is 15.9 Å². The number of benzene rings is 1. The molecule has 1 aliphatic heterocycles. The molecule has 1 heterocycles. The lowest BCUT2D eigenvalue weighted by molar-refractivity contribution is -0.132. The predicted octanol–water partition coefficient (Wildman–Crippen LogP) is 2.32. The maximum absolute atomic E-state index is 12.6. The van der Waals surface area contributed by atoms with Crippen LogP contribution in [0.25, 0.3) is 0 Å². The molecule has 5 heteroatoms. The molecular formula is C15H20BrNO3. The van der Waals surface area contributed by atoms with Crippen molar-refractivity contribution in [1.82, 2.24) is 0 Å². The smallest absolute Gasteiger partial charge is 0.144 e. The third-order valence-electron chi connectivity index (χ3n) is 4.01. The molecule has 0 amide bonds. The first-order valence-electron chi connectivity index (χ1n) is 6.75. The molecule has 0 spiro atoms. The molecule has 20 heavy (non-hydrogen) atoms. The van der Waals surface area contributed by atoms with Gasteiger partial charge in [-0.15, -0.1) is 0 Å². The molecule has 0 aromatic heterocycles. The lowest BCUT2D eigenvalue weighted by Crippen LogP contribution is -2.44. The molecule has 0 radical (unpaired) electrons. The van der Waals surface area contributed by atoms with Gasteiger partial charge in [0.1, 0.15) is 11.5 Å². The molecule has 4 nitrogen and oxygen atoms in total. The summed E-state index contributed by atoms with van der Waals surface area (Å²) in [5.41, 5.74) is 6.42. The van der Waals surface area contributed by atoms with Gasteiger partial charge < -0.3 is 15.2 Å². The van der Waals surface area contributed by atoms with Crippen LogP contribution < -0.4 is 10.5 Å². The molecule has 110 valence electrons. The van der Waals surface area contributed by atoms with Crippen molar-refractivity contribution in [3.8, 4) is 5.75 Å². The van der Waals surface area contributed by atoms with Gasteiger partial charge in [-0.3, -0.25) is 4.79 Å². The van der Waals surface area contributed by atoms with Crippen LogP contribution in [-0.4, -0.2) is 32.7 Å². The quantitative estimate of drug-likeness (QED) is 0.892. The maximum atomic E-state index is 12.6. The molecule has 0 saturated carbocycles. The number of hydrogen-bond donors (Lipinski definition) is 1. The van der Waals surface area contributed by atoms with Crippen LogP contribution in [0.5, 0.6) is 5.75 Å². The highest BCUT2D eigenvalue weighted by molar-refractivity contribution is 9.10. The summed E-state index contributed by atoms with van der Waals surface area (Å²) in [5, 5.41) is 0. The van der Waals surface area contributed by atoms with Crippen LogP contribution in [0.15, 0.2) is 22.7 Å². The minimum Gasteiger partial charge on any atom is -0.496 e. The van der Waals surface area contributed by atoms with Gasteiger partial charge in [-0.05, 0) is 46.5 Å². The number of Topliss-reactive ketones (excluding diaryl/α,β-unsaturated/α-hetero) is 1. The summed E-state index contributed by atoms with van der Waals surface area (Å²) in [7, 11) is 1.62. The van der Waals surface area contributed by atoms with Gasteiger partial charge in [-0.1, -0.05) is 6.07 Å². The number of carbonyl (C=O) groups excluding carboxylic acids is 1. The molecule has 0 bridgehead atoms. The Balaban J connectivity index is 2.12. The van der Waals surface area contributed by atoms with E-state index >= 15 is 0 Å². The van der Waals surface area contributed by atoms with E-state index in [-0.39, 0.29) is 5.78 Å². The Kier molecular flexibility index (Phi) is 5.18. The number of halogens is 1. The number of rotatable bonds is 5. The molecule has 0 aliphatic carbocycles. The molecule has 2 N–H and O–H groups in total. The minimum absolute atomic E-state index is 0.209. The van der Waals surface area contributed by atoms with E-state index in [9.17, 15) is 4.79 Å². The second kappa shape index (κ2) is 6.70. The SMILES string of the molecule is COc1ccc(CC(=O)C2(CN)CCOCC2)cc1Br. The Bertz CT molecular complexity index is 484. The lowest BCUT2D eigenvalue weighted by Gasteiger charge is -2.34. The van der Waals surface area contributed by atoms with E-state index < -0.39 is 5.41 Å². The zero-order valence-corrected chi connectivity index (χ0v) is 13.2. The predicted molar refractivity (Wildman–Crippen MR) is 80.9 cm³/mol. The van der Waals surface area contributed by atoms with Crippen molar-refractivity contribution in [2.75, 3.05) is 26.9 Å². The maximum Gasteiger partial charge on any atom is 0.144 e. The standard InChI is InChI=1S/C15H20BrNO3/c1-19-13-3-2-11(8-12(13)16)9-14(18)15(10-17)4-6-20-7-5-15/h2-3,8H,4-7,9-10,17H2,1H3. The van der Waals surface area contributed by atoms with Crippen LogP contribution in [0.2, 0.25) is 0 Å². The highest BCUT2D eigenvalue weighted by atomic mass is 79.9. The van der Waals surface area contributed by atoms with Crippen LogP contribution >= 0.6 is 15.9 Å². The van der Waals surface area contributed by atoms with Gasteiger partial charge in [-0.2, -0.15) is 0 Å². The summed E-state index contributed by atoms with van der Waals surface area (Å²) < 4.78 is 11.4. The Morgan fingerprint density at radius 3 is 2.70 bits per heavy atom. The number of nitrogens with two attached hydrogens (primary N) is 1. The average Bonchev–Trinajstić information content (AvgIpc) is 2.48. The summed E-state index contributed by atoms with van der Waals surface area (Å²) in [6.07, 6.45) is 1.85. The first-order valence-corrected chi connectivity index (χ1v) is 7.54. The van der Waals surface area contributed by atoms with Gasteiger partial charge in [0.25, 0.3) is 0 Å². The molecular weight excluding hydrogens is 322 g/mol. The van der Waals surface area contributed by atoms with Gasteiger partial charge in [0.15, 0.2) is 0 Å². The fourth-order valence-corrected chi connectivity index (χ4v) is 3.14. The third-order valence-corrected chi connectivity index (χ3v) is 4.63. The largest absolute Gasteiger partial charge is 0.496 e. The van der Waals surface area contributed by atoms with Gasteiger partial charge in [0.2, 0.25) is 0 Å². The van der Waals surface area contributed by atoms with Gasteiger partial charge in [0, 0.05) is 31.6 Å². The normalized spacial score (nSPS) is 17.8. The summed E-state index contributed by atoms with van der Waals surface area (Å²) in [5.74, 6) is 0.973.